The Morgan fingerprint density at radius 3 is 2.70 bits per heavy atom. The van der Waals surface area contributed by atoms with E-state index < -0.39 is 5.72 Å². The lowest BCUT2D eigenvalue weighted by molar-refractivity contribution is 0.0581. The van der Waals surface area contributed by atoms with Crippen LogP contribution < -0.4 is 9.64 Å². The lowest BCUT2D eigenvalue weighted by Gasteiger charge is -2.45. The van der Waals surface area contributed by atoms with Crippen molar-refractivity contribution in [3.05, 3.63) is 63.1 Å². The molecule has 0 aliphatic carbocycles. The van der Waals surface area contributed by atoms with E-state index in [0.717, 1.165) is 26.5 Å². The van der Waals surface area contributed by atoms with E-state index in [9.17, 15) is 0 Å². The smallest absolute Gasteiger partial charge is 0.211 e. The van der Waals surface area contributed by atoms with Crippen molar-refractivity contribution >= 4 is 39.3 Å². The third-order valence-electron chi connectivity index (χ3n) is 5.11. The topological polar surface area (TPSA) is 12.5 Å². The monoisotopic (exact) mass is 389 g/mol. The van der Waals surface area contributed by atoms with Crippen LogP contribution in [0.5, 0.6) is 5.75 Å². The van der Waals surface area contributed by atoms with Crippen molar-refractivity contribution < 1.29 is 4.74 Å². The Morgan fingerprint density at radius 1 is 1.13 bits per heavy atom. The highest BCUT2D eigenvalue weighted by Crippen LogP contribution is 2.54. The molecule has 0 amide bonds. The molecule has 23 heavy (non-hydrogen) atoms. The van der Waals surface area contributed by atoms with Crippen LogP contribution in [0, 0.1) is 0 Å². The molecule has 0 fully saturated rings. The van der Waals surface area contributed by atoms with Crippen LogP contribution in [-0.4, -0.2) is 12.8 Å². The van der Waals surface area contributed by atoms with Crippen LogP contribution in [0.1, 0.15) is 25.0 Å². The summed E-state index contributed by atoms with van der Waals surface area (Å²) in [6, 6.07) is 12.2. The SMILES string of the molecule is CN1c2ccc(Cl)cc2C(C)(C)C12C=Cc1cc(Br)ccc1O2. The van der Waals surface area contributed by atoms with Crippen LogP contribution in [0.2, 0.25) is 5.02 Å². The van der Waals surface area contributed by atoms with Crippen LogP contribution in [0.3, 0.4) is 0 Å². The highest BCUT2D eigenvalue weighted by atomic mass is 79.9. The molecule has 2 nitrogen and oxygen atoms in total. The molecule has 118 valence electrons. The molecule has 1 unspecified atom stereocenters. The summed E-state index contributed by atoms with van der Waals surface area (Å²) in [7, 11) is 2.08. The summed E-state index contributed by atoms with van der Waals surface area (Å²) in [5, 5.41) is 0.756. The number of benzene rings is 2. The van der Waals surface area contributed by atoms with Gasteiger partial charge in [0.25, 0.3) is 0 Å². The average Bonchev–Trinajstić information content (AvgIpc) is 2.67. The zero-order chi connectivity index (χ0) is 16.4. The molecule has 2 aromatic carbocycles. The second-order valence-electron chi connectivity index (χ2n) is 6.66. The van der Waals surface area contributed by atoms with Crippen molar-refractivity contribution in [1.29, 1.82) is 0 Å². The maximum absolute atomic E-state index is 6.56. The number of hydrogen-bond donors (Lipinski definition) is 0. The summed E-state index contributed by atoms with van der Waals surface area (Å²) in [5.74, 6) is 0.898. The van der Waals surface area contributed by atoms with Gasteiger partial charge >= 0.3 is 0 Å². The van der Waals surface area contributed by atoms with E-state index in [1.807, 2.05) is 18.2 Å². The number of halogens is 2. The minimum absolute atomic E-state index is 0.233. The second kappa shape index (κ2) is 4.78. The van der Waals surface area contributed by atoms with Gasteiger partial charge in [-0.1, -0.05) is 27.5 Å². The van der Waals surface area contributed by atoms with Gasteiger partial charge in [0.2, 0.25) is 5.72 Å². The molecule has 1 atom stereocenters. The normalized spacial score (nSPS) is 23.6. The zero-order valence-corrected chi connectivity index (χ0v) is 15.6. The van der Waals surface area contributed by atoms with E-state index in [-0.39, 0.29) is 5.41 Å². The van der Waals surface area contributed by atoms with Crippen molar-refractivity contribution in [1.82, 2.24) is 0 Å². The van der Waals surface area contributed by atoms with Crippen molar-refractivity contribution in [3.8, 4) is 5.75 Å². The van der Waals surface area contributed by atoms with Gasteiger partial charge < -0.3 is 9.64 Å². The van der Waals surface area contributed by atoms with Gasteiger partial charge in [0.1, 0.15) is 5.75 Å². The number of likely N-dealkylation sites (N-methyl/N-ethyl adjacent to an activating group) is 1. The Morgan fingerprint density at radius 2 is 1.91 bits per heavy atom. The van der Waals surface area contributed by atoms with Crippen molar-refractivity contribution in [3.63, 3.8) is 0 Å². The third-order valence-corrected chi connectivity index (χ3v) is 5.84. The maximum atomic E-state index is 6.56. The molecule has 0 saturated carbocycles. The first-order valence-corrected chi connectivity index (χ1v) is 8.74. The lowest BCUT2D eigenvalue weighted by Crippen LogP contribution is -2.58. The van der Waals surface area contributed by atoms with E-state index in [0.29, 0.717) is 0 Å². The molecule has 4 heteroatoms. The minimum Gasteiger partial charge on any atom is -0.463 e. The molecule has 0 bridgehead atoms. The molecular weight excluding hydrogens is 374 g/mol. The Kier molecular flexibility index (Phi) is 3.14. The maximum Gasteiger partial charge on any atom is 0.211 e. The Bertz CT molecular complexity index is 845. The van der Waals surface area contributed by atoms with Gasteiger partial charge in [-0.05, 0) is 68.0 Å². The summed E-state index contributed by atoms with van der Waals surface area (Å²) < 4.78 is 7.61. The summed E-state index contributed by atoms with van der Waals surface area (Å²) in [4.78, 5) is 2.21. The van der Waals surface area contributed by atoms with Gasteiger partial charge in [0, 0.05) is 27.8 Å². The number of fused-ring (bicyclic) bond motifs is 2. The number of rotatable bonds is 0. The molecule has 4 rings (SSSR count). The predicted octanol–water partition coefficient (Wildman–Crippen LogP) is 5.63. The molecule has 0 radical (unpaired) electrons. The van der Waals surface area contributed by atoms with Gasteiger partial charge in [-0.25, -0.2) is 0 Å². The van der Waals surface area contributed by atoms with Crippen LogP contribution in [0.25, 0.3) is 6.08 Å². The third kappa shape index (κ3) is 1.93. The van der Waals surface area contributed by atoms with Gasteiger partial charge in [0.05, 0.1) is 5.41 Å². The van der Waals surface area contributed by atoms with Crippen molar-refractivity contribution in [2.45, 2.75) is 25.0 Å². The quantitative estimate of drug-likeness (QED) is 0.578. The van der Waals surface area contributed by atoms with Gasteiger partial charge in [-0.3, -0.25) is 0 Å². The first-order valence-electron chi connectivity index (χ1n) is 7.57. The fraction of sp³-hybridized carbons (Fsp3) is 0.263. The molecule has 2 aromatic rings. The van der Waals surface area contributed by atoms with Crippen molar-refractivity contribution in [2.75, 3.05) is 11.9 Å². The number of hydrogen-bond acceptors (Lipinski definition) is 2. The highest BCUT2D eigenvalue weighted by molar-refractivity contribution is 9.10. The van der Waals surface area contributed by atoms with Crippen LogP contribution in [-0.2, 0) is 5.41 Å². The van der Waals surface area contributed by atoms with Crippen LogP contribution in [0.4, 0.5) is 5.69 Å². The Labute approximate surface area is 149 Å². The molecular formula is C19H17BrClNO. The van der Waals surface area contributed by atoms with Gasteiger partial charge in [0.15, 0.2) is 0 Å². The first kappa shape index (κ1) is 15.1. The van der Waals surface area contributed by atoms with E-state index in [1.165, 1.54) is 5.56 Å². The van der Waals surface area contributed by atoms with Crippen molar-refractivity contribution in [2.24, 2.45) is 0 Å². The summed E-state index contributed by atoms with van der Waals surface area (Å²) >= 11 is 9.76. The van der Waals surface area contributed by atoms with Crippen LogP contribution >= 0.6 is 27.5 Å². The van der Waals surface area contributed by atoms with Crippen LogP contribution in [0.15, 0.2) is 46.9 Å². The predicted molar refractivity (Wildman–Crippen MR) is 99.4 cm³/mol. The Hall–Kier alpha value is -1.45. The number of nitrogens with zero attached hydrogens (tertiary/aromatic N) is 1. The fourth-order valence-corrected chi connectivity index (χ4v) is 4.31. The van der Waals surface area contributed by atoms with Gasteiger partial charge in [-0.2, -0.15) is 0 Å². The fourth-order valence-electron chi connectivity index (χ4n) is 3.76. The minimum atomic E-state index is -0.555. The summed E-state index contributed by atoms with van der Waals surface area (Å²) in [5.41, 5.74) is 2.66. The molecule has 0 N–H and O–H groups in total. The highest BCUT2D eigenvalue weighted by Gasteiger charge is 2.57. The number of anilines is 1. The molecule has 0 aromatic heterocycles. The number of ether oxygens (including phenoxy) is 1. The molecule has 0 saturated heterocycles. The van der Waals surface area contributed by atoms with E-state index in [1.54, 1.807) is 0 Å². The largest absolute Gasteiger partial charge is 0.463 e. The van der Waals surface area contributed by atoms with E-state index in [2.05, 4.69) is 72.1 Å². The standard InChI is InChI=1S/C19H17BrClNO/c1-18(2)15-11-14(21)5-6-16(15)22(3)19(18)9-8-12-10-13(20)4-7-17(12)23-19/h4-11H,1-3H3. The molecule has 2 aliphatic rings. The summed E-state index contributed by atoms with van der Waals surface area (Å²) in [6.07, 6.45) is 4.31. The second-order valence-corrected chi connectivity index (χ2v) is 8.01. The van der Waals surface area contributed by atoms with E-state index in [4.69, 9.17) is 16.3 Å². The van der Waals surface area contributed by atoms with E-state index >= 15 is 0 Å². The van der Waals surface area contributed by atoms with Gasteiger partial charge in [-0.15, -0.1) is 0 Å². The molecule has 1 spiro atoms. The molecule has 2 heterocycles. The lowest BCUT2D eigenvalue weighted by atomic mass is 9.76. The Balaban J connectivity index is 1.89. The zero-order valence-electron chi connectivity index (χ0n) is 13.2. The summed E-state index contributed by atoms with van der Waals surface area (Å²) in [6.45, 7) is 4.42. The first-order chi connectivity index (χ1) is 10.8. The average molecular weight is 391 g/mol. The molecule has 2 aliphatic heterocycles.